The summed E-state index contributed by atoms with van der Waals surface area (Å²) in [6.45, 7) is 0.703. The molecule has 2 heterocycles. The van der Waals surface area contributed by atoms with Crippen LogP contribution < -0.4 is 0 Å². The van der Waals surface area contributed by atoms with Crippen molar-refractivity contribution in [1.82, 2.24) is 9.80 Å². The molecule has 0 bridgehead atoms. The number of carboxylic acid groups (broad SMARTS) is 1. The van der Waals surface area contributed by atoms with Crippen molar-refractivity contribution in [2.45, 2.75) is 63.1 Å². The molecule has 8 heteroatoms. The van der Waals surface area contributed by atoms with Crippen LogP contribution in [0.4, 0.5) is 0 Å². The minimum Gasteiger partial charge on any atom is -0.480 e. The maximum absolute atomic E-state index is 12.9. The SMILES string of the molecule is O=C(O)[C@@H]1CCCN1CC(=O)N(C1CCCC1)C1CCS(=O)(=O)C1. The van der Waals surface area contributed by atoms with E-state index in [9.17, 15) is 23.1 Å². The molecule has 2 atom stereocenters. The molecule has 0 aromatic carbocycles. The third kappa shape index (κ3) is 3.74. The summed E-state index contributed by atoms with van der Waals surface area (Å²) >= 11 is 0. The van der Waals surface area contributed by atoms with Crippen LogP contribution in [-0.2, 0) is 19.4 Å². The minimum absolute atomic E-state index is 0.0532. The molecule has 0 aromatic heterocycles. The van der Waals surface area contributed by atoms with E-state index in [0.29, 0.717) is 19.4 Å². The molecule has 7 nitrogen and oxygen atoms in total. The molecule has 1 N–H and O–H groups in total. The normalized spacial score (nSPS) is 30.7. The molecular weight excluding hydrogens is 332 g/mol. The molecule has 1 saturated carbocycles. The smallest absolute Gasteiger partial charge is 0.320 e. The van der Waals surface area contributed by atoms with Crippen molar-refractivity contribution in [2.75, 3.05) is 24.6 Å². The monoisotopic (exact) mass is 358 g/mol. The van der Waals surface area contributed by atoms with Crippen molar-refractivity contribution < 1.29 is 23.1 Å². The van der Waals surface area contributed by atoms with Gasteiger partial charge in [-0.05, 0) is 38.6 Å². The van der Waals surface area contributed by atoms with Crippen molar-refractivity contribution in [3.63, 3.8) is 0 Å². The molecule has 1 aliphatic carbocycles. The zero-order valence-corrected chi connectivity index (χ0v) is 14.7. The summed E-state index contributed by atoms with van der Waals surface area (Å²) in [5.74, 6) is -0.777. The van der Waals surface area contributed by atoms with Gasteiger partial charge >= 0.3 is 5.97 Å². The molecule has 3 rings (SSSR count). The van der Waals surface area contributed by atoms with Gasteiger partial charge in [0.15, 0.2) is 9.84 Å². The van der Waals surface area contributed by atoms with Gasteiger partial charge in [0.25, 0.3) is 0 Å². The Kier molecular flexibility index (Phi) is 5.15. The van der Waals surface area contributed by atoms with Crippen LogP contribution in [0.5, 0.6) is 0 Å². The van der Waals surface area contributed by atoms with Crippen LogP contribution >= 0.6 is 0 Å². The second kappa shape index (κ2) is 7.00. The average Bonchev–Trinajstić information content (AvgIpc) is 3.21. The predicted octanol–water partition coefficient (Wildman–Crippen LogP) is 0.494. The number of amides is 1. The Labute approximate surface area is 142 Å². The van der Waals surface area contributed by atoms with Gasteiger partial charge in [-0.15, -0.1) is 0 Å². The van der Waals surface area contributed by atoms with Crippen LogP contribution in [0.1, 0.15) is 44.9 Å². The Bertz CT molecular complexity index is 600. The quantitative estimate of drug-likeness (QED) is 0.769. The van der Waals surface area contributed by atoms with Gasteiger partial charge in [-0.3, -0.25) is 14.5 Å². The lowest BCUT2D eigenvalue weighted by atomic mass is 10.1. The van der Waals surface area contributed by atoms with E-state index in [4.69, 9.17) is 0 Å². The third-order valence-electron chi connectivity index (χ3n) is 5.59. The molecule has 2 aliphatic heterocycles. The summed E-state index contributed by atoms with van der Waals surface area (Å²) in [5.41, 5.74) is 0. The summed E-state index contributed by atoms with van der Waals surface area (Å²) in [7, 11) is -3.06. The Morgan fingerprint density at radius 3 is 2.33 bits per heavy atom. The van der Waals surface area contributed by atoms with Gasteiger partial charge in [-0.2, -0.15) is 0 Å². The van der Waals surface area contributed by atoms with Crippen LogP contribution in [0.2, 0.25) is 0 Å². The van der Waals surface area contributed by atoms with E-state index in [2.05, 4.69) is 0 Å². The Hall–Kier alpha value is -1.15. The molecule has 0 aromatic rings. The molecule has 0 radical (unpaired) electrons. The number of hydrogen-bond donors (Lipinski definition) is 1. The first-order chi connectivity index (χ1) is 11.4. The number of rotatable bonds is 5. The van der Waals surface area contributed by atoms with Gasteiger partial charge in [0, 0.05) is 12.1 Å². The van der Waals surface area contributed by atoms with Crippen molar-refractivity contribution in [1.29, 1.82) is 0 Å². The zero-order valence-electron chi connectivity index (χ0n) is 13.9. The van der Waals surface area contributed by atoms with E-state index in [0.717, 1.165) is 32.1 Å². The first kappa shape index (κ1) is 17.7. The number of carbonyl (C=O) groups excluding carboxylic acids is 1. The number of hydrogen-bond acceptors (Lipinski definition) is 5. The van der Waals surface area contributed by atoms with Crippen LogP contribution in [0, 0.1) is 0 Å². The van der Waals surface area contributed by atoms with Crippen LogP contribution in [0.3, 0.4) is 0 Å². The number of carboxylic acids is 1. The van der Waals surface area contributed by atoms with Crippen molar-refractivity contribution >= 4 is 21.7 Å². The Morgan fingerprint density at radius 1 is 1.04 bits per heavy atom. The standard InChI is InChI=1S/C16H26N2O5S/c19-15(10-17-8-3-6-14(17)16(20)21)18(12-4-1-2-5-12)13-7-9-24(22,23)11-13/h12-14H,1-11H2,(H,20,21)/t13?,14-/m0/s1. The highest BCUT2D eigenvalue weighted by atomic mass is 32.2. The summed E-state index contributed by atoms with van der Waals surface area (Å²) < 4.78 is 23.7. The van der Waals surface area contributed by atoms with Crippen molar-refractivity contribution in [3.05, 3.63) is 0 Å². The molecule has 136 valence electrons. The average molecular weight is 358 g/mol. The summed E-state index contributed by atoms with van der Waals surface area (Å²) in [5, 5.41) is 9.28. The van der Waals surface area contributed by atoms with E-state index >= 15 is 0 Å². The Balaban J connectivity index is 1.73. The summed E-state index contributed by atoms with van der Waals surface area (Å²) in [6, 6.07) is -0.718. The highest BCUT2D eigenvalue weighted by molar-refractivity contribution is 7.91. The van der Waals surface area contributed by atoms with E-state index in [1.165, 1.54) is 0 Å². The molecule has 0 spiro atoms. The lowest BCUT2D eigenvalue weighted by molar-refractivity contribution is -0.144. The van der Waals surface area contributed by atoms with E-state index in [1.54, 1.807) is 9.80 Å². The molecule has 2 saturated heterocycles. The first-order valence-corrected chi connectivity index (χ1v) is 10.7. The maximum atomic E-state index is 12.9. The fourth-order valence-corrected chi connectivity index (χ4v) is 6.14. The topological polar surface area (TPSA) is 95.0 Å². The fourth-order valence-electron chi connectivity index (χ4n) is 4.43. The minimum atomic E-state index is -3.06. The molecule has 1 unspecified atom stereocenters. The largest absolute Gasteiger partial charge is 0.480 e. The fraction of sp³-hybridized carbons (Fsp3) is 0.875. The van der Waals surface area contributed by atoms with E-state index in [-0.39, 0.29) is 36.0 Å². The second-order valence-corrected chi connectivity index (χ2v) is 9.49. The van der Waals surface area contributed by atoms with Gasteiger partial charge in [-0.1, -0.05) is 12.8 Å². The van der Waals surface area contributed by atoms with Gasteiger partial charge in [-0.25, -0.2) is 8.42 Å². The number of likely N-dealkylation sites (tertiary alicyclic amines) is 1. The Morgan fingerprint density at radius 2 is 1.75 bits per heavy atom. The van der Waals surface area contributed by atoms with E-state index < -0.39 is 21.8 Å². The zero-order chi connectivity index (χ0) is 17.3. The van der Waals surface area contributed by atoms with Gasteiger partial charge in [0.05, 0.1) is 18.1 Å². The number of aliphatic carboxylic acids is 1. The number of carbonyl (C=O) groups is 2. The molecule has 3 fully saturated rings. The highest BCUT2D eigenvalue weighted by Crippen LogP contribution is 2.30. The number of sulfone groups is 1. The van der Waals surface area contributed by atoms with Gasteiger partial charge in [0.1, 0.15) is 6.04 Å². The maximum Gasteiger partial charge on any atom is 0.320 e. The van der Waals surface area contributed by atoms with Crippen LogP contribution in [0.25, 0.3) is 0 Å². The van der Waals surface area contributed by atoms with Crippen LogP contribution in [0.15, 0.2) is 0 Å². The second-order valence-electron chi connectivity index (χ2n) is 7.26. The third-order valence-corrected chi connectivity index (χ3v) is 7.35. The molecule has 1 amide bonds. The van der Waals surface area contributed by atoms with Gasteiger partial charge < -0.3 is 10.0 Å². The van der Waals surface area contributed by atoms with E-state index in [1.807, 2.05) is 0 Å². The summed E-state index contributed by atoms with van der Waals surface area (Å²) in [6.07, 6.45) is 5.84. The molecular formula is C16H26N2O5S. The van der Waals surface area contributed by atoms with Crippen molar-refractivity contribution in [3.8, 4) is 0 Å². The van der Waals surface area contributed by atoms with Crippen LogP contribution in [-0.4, -0.2) is 77.9 Å². The molecule has 3 aliphatic rings. The first-order valence-electron chi connectivity index (χ1n) is 8.86. The lowest BCUT2D eigenvalue weighted by Crippen LogP contribution is -2.52. The van der Waals surface area contributed by atoms with Crippen molar-refractivity contribution in [2.24, 2.45) is 0 Å². The number of nitrogens with zero attached hydrogens (tertiary/aromatic N) is 2. The van der Waals surface area contributed by atoms with Gasteiger partial charge in [0.2, 0.25) is 5.91 Å². The predicted molar refractivity (Wildman–Crippen MR) is 88.4 cm³/mol. The lowest BCUT2D eigenvalue weighted by Gasteiger charge is -2.35. The highest BCUT2D eigenvalue weighted by Gasteiger charge is 2.40. The summed E-state index contributed by atoms with van der Waals surface area (Å²) in [4.78, 5) is 27.8. The molecule has 24 heavy (non-hydrogen) atoms.